The van der Waals surface area contributed by atoms with Gasteiger partial charge in [0.2, 0.25) is 5.65 Å². The van der Waals surface area contributed by atoms with Crippen molar-refractivity contribution >= 4 is 29.2 Å². The molecular weight excluding hydrogens is 403 g/mol. The zero-order valence-electron chi connectivity index (χ0n) is 15.3. The van der Waals surface area contributed by atoms with E-state index in [9.17, 15) is 14.0 Å². The van der Waals surface area contributed by atoms with Gasteiger partial charge in [-0.3, -0.25) is 4.79 Å². The van der Waals surface area contributed by atoms with E-state index in [0.29, 0.717) is 30.0 Å². The molecule has 2 N–H and O–H groups in total. The summed E-state index contributed by atoms with van der Waals surface area (Å²) < 4.78 is 20.4. The van der Waals surface area contributed by atoms with E-state index in [1.54, 1.807) is 12.3 Å². The number of nitrogens with one attached hydrogen (secondary N) is 2. The smallest absolute Gasteiger partial charge is 0.405 e. The number of hydrogen-bond acceptors (Lipinski definition) is 6. The Labute approximate surface area is 169 Å². The highest BCUT2D eigenvalue weighted by Crippen LogP contribution is 2.34. The van der Waals surface area contributed by atoms with Crippen LogP contribution in [0, 0.1) is 5.82 Å². The van der Waals surface area contributed by atoms with Crippen LogP contribution >= 0.6 is 11.6 Å². The van der Waals surface area contributed by atoms with E-state index < -0.39 is 11.9 Å². The average molecular weight is 421 g/mol. The van der Waals surface area contributed by atoms with Gasteiger partial charge >= 0.3 is 6.09 Å². The molecule has 3 aromatic rings. The lowest BCUT2D eigenvalue weighted by Crippen LogP contribution is -2.29. The Morgan fingerprint density at radius 2 is 2.34 bits per heavy atom. The van der Waals surface area contributed by atoms with Crippen LogP contribution < -0.4 is 20.5 Å². The first-order chi connectivity index (χ1) is 14.1. The molecule has 9 nitrogen and oxygen atoms in total. The quantitative estimate of drug-likeness (QED) is 0.613. The van der Waals surface area contributed by atoms with E-state index in [2.05, 4.69) is 20.4 Å². The molecule has 1 aliphatic heterocycles. The van der Waals surface area contributed by atoms with Crippen molar-refractivity contribution in [2.75, 3.05) is 23.9 Å². The first kappa shape index (κ1) is 19.2. The molecule has 0 radical (unpaired) electrons. The highest BCUT2D eigenvalue weighted by Gasteiger charge is 2.30. The monoisotopic (exact) mass is 420 g/mol. The highest BCUT2D eigenvalue weighted by atomic mass is 35.5. The summed E-state index contributed by atoms with van der Waals surface area (Å²) in [5, 5.41) is 6.63. The first-order valence-corrected chi connectivity index (χ1v) is 9.61. The second-order valence-corrected chi connectivity index (χ2v) is 6.90. The average Bonchev–Trinajstić information content (AvgIpc) is 3.35. The number of amides is 1. The molecule has 29 heavy (non-hydrogen) atoms. The normalized spacial score (nSPS) is 16.3. The van der Waals surface area contributed by atoms with Crippen molar-refractivity contribution in [1.29, 1.82) is 0 Å². The van der Waals surface area contributed by atoms with E-state index in [1.807, 2.05) is 4.90 Å². The summed E-state index contributed by atoms with van der Waals surface area (Å²) >= 11 is 5.55. The maximum atomic E-state index is 13.7. The molecule has 0 saturated carbocycles. The van der Waals surface area contributed by atoms with Gasteiger partial charge in [-0.25, -0.2) is 18.7 Å². The van der Waals surface area contributed by atoms with E-state index >= 15 is 0 Å². The predicted octanol–water partition coefficient (Wildman–Crippen LogP) is 2.23. The van der Waals surface area contributed by atoms with E-state index in [-0.39, 0.29) is 29.8 Å². The SMILES string of the molecule is O=C(NCCCl)Oc1cnn2ccc(N3CCC[C@@H]3c3cc(F)c[nH]c3=O)nc12. The highest BCUT2D eigenvalue weighted by molar-refractivity contribution is 6.18. The summed E-state index contributed by atoms with van der Waals surface area (Å²) in [5.74, 6) is 0.541. The largest absolute Gasteiger partial charge is 0.412 e. The van der Waals surface area contributed by atoms with Crippen LogP contribution in [-0.4, -0.2) is 44.6 Å². The summed E-state index contributed by atoms with van der Waals surface area (Å²) in [6, 6.07) is 2.71. The molecule has 0 aliphatic carbocycles. The fourth-order valence-electron chi connectivity index (χ4n) is 3.44. The molecule has 0 aromatic carbocycles. The molecule has 152 valence electrons. The number of aromatic amines is 1. The first-order valence-electron chi connectivity index (χ1n) is 9.07. The lowest BCUT2D eigenvalue weighted by atomic mass is 10.1. The standard InChI is InChI=1S/C18H18ClFN6O3/c19-4-5-21-18(28)29-14-10-23-26-7-3-15(24-16(14)26)25-6-1-2-13(25)12-8-11(20)9-22-17(12)27/h3,7-10,13H,1-2,4-6H2,(H,21,28)(H,22,27)/t13-/m1/s1. The lowest BCUT2D eigenvalue weighted by molar-refractivity contribution is 0.201. The number of aromatic nitrogens is 4. The topological polar surface area (TPSA) is 105 Å². The number of carbonyl (C=O) groups excluding carboxylic acids is 1. The Balaban J connectivity index is 1.65. The van der Waals surface area contributed by atoms with Crippen molar-refractivity contribution < 1.29 is 13.9 Å². The fraction of sp³-hybridized carbons (Fsp3) is 0.333. The molecular formula is C18H18ClFN6O3. The molecule has 0 spiro atoms. The second kappa shape index (κ2) is 8.08. The molecule has 1 atom stereocenters. The molecule has 0 bridgehead atoms. The number of rotatable bonds is 5. The maximum Gasteiger partial charge on any atom is 0.412 e. The van der Waals surface area contributed by atoms with Crippen molar-refractivity contribution in [3.63, 3.8) is 0 Å². The number of ether oxygens (including phenoxy) is 1. The Kier molecular flexibility index (Phi) is 5.34. The zero-order valence-corrected chi connectivity index (χ0v) is 16.0. The molecule has 1 fully saturated rings. The number of anilines is 1. The molecule has 1 aliphatic rings. The number of nitrogens with zero attached hydrogens (tertiary/aromatic N) is 4. The Morgan fingerprint density at radius 3 is 3.17 bits per heavy atom. The molecule has 4 rings (SSSR count). The van der Waals surface area contributed by atoms with Crippen molar-refractivity contribution in [3.8, 4) is 5.75 Å². The van der Waals surface area contributed by atoms with Gasteiger partial charge in [-0.1, -0.05) is 0 Å². The molecule has 4 heterocycles. The van der Waals surface area contributed by atoms with Gasteiger partial charge in [-0.05, 0) is 25.0 Å². The second-order valence-electron chi connectivity index (χ2n) is 6.52. The molecule has 11 heteroatoms. The number of carbonyl (C=O) groups is 1. The van der Waals surface area contributed by atoms with Gasteiger partial charge in [0.25, 0.3) is 5.56 Å². The number of alkyl halides is 1. The number of pyridine rings is 1. The number of fused-ring (bicyclic) bond motifs is 1. The third kappa shape index (κ3) is 3.88. The van der Waals surface area contributed by atoms with Gasteiger partial charge in [0.1, 0.15) is 11.6 Å². The number of H-pyrrole nitrogens is 1. The van der Waals surface area contributed by atoms with Crippen molar-refractivity contribution in [3.05, 3.63) is 52.5 Å². The Hall–Kier alpha value is -3.14. The van der Waals surface area contributed by atoms with Crippen molar-refractivity contribution in [1.82, 2.24) is 24.9 Å². The van der Waals surface area contributed by atoms with Gasteiger partial charge in [-0.15, -0.1) is 11.6 Å². The van der Waals surface area contributed by atoms with Gasteiger partial charge in [0.05, 0.1) is 12.2 Å². The van der Waals surface area contributed by atoms with Crippen LogP contribution in [-0.2, 0) is 0 Å². The minimum absolute atomic E-state index is 0.193. The van der Waals surface area contributed by atoms with Crippen molar-refractivity contribution in [2.45, 2.75) is 18.9 Å². The zero-order chi connectivity index (χ0) is 20.4. The van der Waals surface area contributed by atoms with Crippen LogP contribution in [0.2, 0.25) is 0 Å². The summed E-state index contributed by atoms with van der Waals surface area (Å²) in [6.45, 7) is 0.931. The van der Waals surface area contributed by atoms with E-state index in [1.165, 1.54) is 16.8 Å². The van der Waals surface area contributed by atoms with Gasteiger partial charge in [-0.2, -0.15) is 5.10 Å². The van der Waals surface area contributed by atoms with Gasteiger partial charge in [0.15, 0.2) is 5.75 Å². The van der Waals surface area contributed by atoms with Crippen LogP contribution in [0.3, 0.4) is 0 Å². The lowest BCUT2D eigenvalue weighted by Gasteiger charge is -2.25. The fourth-order valence-corrected chi connectivity index (χ4v) is 3.54. The molecule has 3 aromatic heterocycles. The predicted molar refractivity (Wildman–Crippen MR) is 104 cm³/mol. The number of hydrogen-bond donors (Lipinski definition) is 2. The van der Waals surface area contributed by atoms with Crippen LogP contribution in [0.5, 0.6) is 5.75 Å². The Morgan fingerprint density at radius 1 is 1.48 bits per heavy atom. The third-order valence-electron chi connectivity index (χ3n) is 4.69. The molecule has 1 saturated heterocycles. The van der Waals surface area contributed by atoms with Crippen LogP contribution in [0.15, 0.2) is 35.5 Å². The number of halogens is 2. The summed E-state index contributed by atoms with van der Waals surface area (Å²) in [4.78, 5) is 33.0. The van der Waals surface area contributed by atoms with E-state index in [0.717, 1.165) is 12.6 Å². The third-order valence-corrected chi connectivity index (χ3v) is 4.88. The van der Waals surface area contributed by atoms with Crippen LogP contribution in [0.4, 0.5) is 15.0 Å². The Bertz CT molecular complexity index is 1100. The van der Waals surface area contributed by atoms with Crippen LogP contribution in [0.1, 0.15) is 24.4 Å². The molecule has 0 unspecified atom stereocenters. The van der Waals surface area contributed by atoms with Crippen LogP contribution in [0.25, 0.3) is 5.65 Å². The maximum absolute atomic E-state index is 13.7. The van der Waals surface area contributed by atoms with E-state index in [4.69, 9.17) is 16.3 Å². The van der Waals surface area contributed by atoms with Gasteiger partial charge < -0.3 is 19.9 Å². The van der Waals surface area contributed by atoms with Crippen molar-refractivity contribution in [2.24, 2.45) is 0 Å². The van der Waals surface area contributed by atoms with Gasteiger partial charge in [0, 0.05) is 36.9 Å². The molecule has 1 amide bonds. The minimum Gasteiger partial charge on any atom is -0.405 e. The summed E-state index contributed by atoms with van der Waals surface area (Å²) in [6.07, 6.45) is 5.00. The summed E-state index contributed by atoms with van der Waals surface area (Å²) in [7, 11) is 0. The minimum atomic E-state index is -0.655. The summed E-state index contributed by atoms with van der Waals surface area (Å²) in [5.41, 5.74) is 0.380.